The number of rotatable bonds is 2. The second-order valence-corrected chi connectivity index (χ2v) is 4.77. The van der Waals surface area contributed by atoms with Crippen molar-refractivity contribution in [2.75, 3.05) is 5.32 Å². The molecule has 0 fully saturated rings. The average Bonchev–Trinajstić information content (AvgIpc) is 2.33. The summed E-state index contributed by atoms with van der Waals surface area (Å²) in [6.07, 6.45) is 0. The van der Waals surface area contributed by atoms with Gasteiger partial charge in [0.2, 0.25) is 0 Å². The first-order valence-corrected chi connectivity index (χ1v) is 6.15. The molecule has 0 aliphatic heterocycles. The van der Waals surface area contributed by atoms with Crippen molar-refractivity contribution in [1.29, 1.82) is 0 Å². The largest absolute Gasteiger partial charge is 0.508 e. The molecule has 0 atom stereocenters. The van der Waals surface area contributed by atoms with Crippen LogP contribution in [0.4, 0.5) is 5.69 Å². The highest BCUT2D eigenvalue weighted by Crippen LogP contribution is 2.20. The number of hydrogen-bond donors (Lipinski definition) is 2. The lowest BCUT2D eigenvalue weighted by Crippen LogP contribution is -2.14. The molecule has 98 valence electrons. The summed E-state index contributed by atoms with van der Waals surface area (Å²) in [6.45, 7) is 5.75. The van der Waals surface area contributed by atoms with Crippen molar-refractivity contribution in [3.8, 4) is 5.75 Å². The monoisotopic (exact) mass is 255 g/mol. The summed E-state index contributed by atoms with van der Waals surface area (Å²) < 4.78 is 0. The molecule has 3 heteroatoms. The van der Waals surface area contributed by atoms with Crippen molar-refractivity contribution in [2.24, 2.45) is 0 Å². The molecule has 0 unspecified atom stereocenters. The molecule has 0 radical (unpaired) electrons. The molecule has 0 saturated heterocycles. The molecule has 19 heavy (non-hydrogen) atoms. The zero-order valence-corrected chi connectivity index (χ0v) is 11.3. The maximum atomic E-state index is 12.2. The van der Waals surface area contributed by atoms with Gasteiger partial charge < -0.3 is 10.4 Å². The molecule has 2 aromatic rings. The molecule has 2 rings (SSSR count). The van der Waals surface area contributed by atoms with Gasteiger partial charge in [0.15, 0.2) is 0 Å². The highest BCUT2D eigenvalue weighted by Gasteiger charge is 2.10. The second-order valence-electron chi connectivity index (χ2n) is 4.77. The van der Waals surface area contributed by atoms with Crippen molar-refractivity contribution >= 4 is 11.6 Å². The number of phenolic OH excluding ortho intramolecular Hbond substituents is 1. The molecule has 0 saturated carbocycles. The first-order valence-electron chi connectivity index (χ1n) is 6.15. The molecule has 0 bridgehead atoms. The third kappa shape index (κ3) is 2.94. The Morgan fingerprint density at radius 1 is 1.00 bits per heavy atom. The Bertz CT molecular complexity index is 633. The number of benzene rings is 2. The summed E-state index contributed by atoms with van der Waals surface area (Å²) in [5, 5.41) is 12.3. The number of carbonyl (C=O) groups is 1. The summed E-state index contributed by atoms with van der Waals surface area (Å²) in [5.74, 6) is 0.00647. The number of phenols is 1. The van der Waals surface area contributed by atoms with Crippen molar-refractivity contribution in [3.63, 3.8) is 0 Å². The zero-order chi connectivity index (χ0) is 14.0. The number of aromatic hydroxyl groups is 1. The minimum absolute atomic E-state index is 0.161. The van der Waals surface area contributed by atoms with E-state index >= 15 is 0 Å². The van der Waals surface area contributed by atoms with E-state index in [2.05, 4.69) is 5.32 Å². The van der Waals surface area contributed by atoms with Crippen LogP contribution in [0.2, 0.25) is 0 Å². The summed E-state index contributed by atoms with van der Waals surface area (Å²) in [5.41, 5.74) is 4.26. The predicted octanol–water partition coefficient (Wildman–Crippen LogP) is 3.57. The van der Waals surface area contributed by atoms with Gasteiger partial charge in [0.25, 0.3) is 5.91 Å². The molecule has 0 heterocycles. The van der Waals surface area contributed by atoms with Gasteiger partial charge in [-0.25, -0.2) is 0 Å². The first kappa shape index (κ1) is 13.1. The Morgan fingerprint density at radius 2 is 1.74 bits per heavy atom. The molecular weight excluding hydrogens is 238 g/mol. The normalized spacial score (nSPS) is 10.3. The van der Waals surface area contributed by atoms with Crippen molar-refractivity contribution in [1.82, 2.24) is 0 Å². The number of amides is 1. The van der Waals surface area contributed by atoms with E-state index < -0.39 is 0 Å². The van der Waals surface area contributed by atoms with Crippen LogP contribution in [0.25, 0.3) is 0 Å². The van der Waals surface area contributed by atoms with Crippen LogP contribution in [0, 0.1) is 20.8 Å². The molecule has 0 aromatic heterocycles. The van der Waals surface area contributed by atoms with Gasteiger partial charge in [-0.05, 0) is 61.7 Å². The van der Waals surface area contributed by atoms with E-state index in [-0.39, 0.29) is 11.7 Å². The van der Waals surface area contributed by atoms with Gasteiger partial charge in [-0.1, -0.05) is 12.1 Å². The van der Waals surface area contributed by atoms with Gasteiger partial charge in [0, 0.05) is 11.3 Å². The van der Waals surface area contributed by atoms with Crippen LogP contribution in [0.1, 0.15) is 27.0 Å². The number of nitrogens with one attached hydrogen (secondary N) is 1. The predicted molar refractivity (Wildman–Crippen MR) is 76.7 cm³/mol. The van der Waals surface area contributed by atoms with Crippen LogP contribution >= 0.6 is 0 Å². The third-order valence-electron chi connectivity index (χ3n) is 3.10. The average molecular weight is 255 g/mol. The zero-order valence-electron chi connectivity index (χ0n) is 11.3. The molecule has 2 aromatic carbocycles. The van der Waals surface area contributed by atoms with Gasteiger partial charge in [-0.15, -0.1) is 0 Å². The Kier molecular flexibility index (Phi) is 3.56. The van der Waals surface area contributed by atoms with Gasteiger partial charge >= 0.3 is 0 Å². The fourth-order valence-electron chi connectivity index (χ4n) is 1.96. The number of aryl methyl sites for hydroxylation is 3. The van der Waals surface area contributed by atoms with E-state index in [1.54, 1.807) is 19.1 Å². The fourth-order valence-corrected chi connectivity index (χ4v) is 1.96. The molecule has 0 aliphatic carbocycles. The van der Waals surface area contributed by atoms with Crippen LogP contribution < -0.4 is 5.32 Å². The fraction of sp³-hybridized carbons (Fsp3) is 0.188. The molecule has 0 spiro atoms. The quantitative estimate of drug-likeness (QED) is 0.861. The summed E-state index contributed by atoms with van der Waals surface area (Å²) >= 11 is 0. The van der Waals surface area contributed by atoms with Crippen LogP contribution in [-0.4, -0.2) is 11.0 Å². The van der Waals surface area contributed by atoms with E-state index in [1.807, 2.05) is 32.0 Å². The topological polar surface area (TPSA) is 49.3 Å². The molecule has 0 aliphatic rings. The lowest BCUT2D eigenvalue weighted by Gasteiger charge is -2.11. The third-order valence-corrected chi connectivity index (χ3v) is 3.10. The van der Waals surface area contributed by atoms with Gasteiger partial charge in [0.05, 0.1) is 0 Å². The highest BCUT2D eigenvalue weighted by molar-refractivity contribution is 6.05. The minimum Gasteiger partial charge on any atom is -0.508 e. The van der Waals surface area contributed by atoms with Crippen molar-refractivity contribution in [2.45, 2.75) is 20.8 Å². The van der Waals surface area contributed by atoms with Crippen LogP contribution in [0.15, 0.2) is 36.4 Å². The van der Waals surface area contributed by atoms with Crippen LogP contribution in [-0.2, 0) is 0 Å². The van der Waals surface area contributed by atoms with E-state index in [1.165, 1.54) is 6.07 Å². The van der Waals surface area contributed by atoms with E-state index in [4.69, 9.17) is 0 Å². The molecule has 2 N–H and O–H groups in total. The van der Waals surface area contributed by atoms with Gasteiger partial charge in [0.1, 0.15) is 5.75 Å². The summed E-state index contributed by atoms with van der Waals surface area (Å²) in [4.78, 5) is 12.2. The number of carbonyl (C=O) groups excluding carboxylic acids is 1. The maximum absolute atomic E-state index is 12.2. The Hall–Kier alpha value is -2.29. The Labute approximate surface area is 112 Å². The SMILES string of the molecule is Cc1ccc(C)c(NC(=O)c2ccc(O)cc2C)c1. The number of anilines is 1. The minimum atomic E-state index is -0.161. The van der Waals surface area contributed by atoms with E-state index in [9.17, 15) is 9.90 Å². The first-order chi connectivity index (χ1) is 8.97. The van der Waals surface area contributed by atoms with E-state index in [0.717, 1.165) is 22.4 Å². The van der Waals surface area contributed by atoms with Crippen LogP contribution in [0.5, 0.6) is 5.75 Å². The molecular formula is C16H17NO2. The maximum Gasteiger partial charge on any atom is 0.255 e. The second kappa shape index (κ2) is 5.14. The lowest BCUT2D eigenvalue weighted by molar-refractivity contribution is 0.102. The Balaban J connectivity index is 2.28. The standard InChI is InChI=1S/C16H17NO2/c1-10-4-5-11(2)15(8-10)17-16(19)14-7-6-13(18)9-12(14)3/h4-9,18H,1-3H3,(H,17,19). The van der Waals surface area contributed by atoms with E-state index in [0.29, 0.717) is 5.56 Å². The summed E-state index contributed by atoms with van der Waals surface area (Å²) in [6, 6.07) is 10.7. The summed E-state index contributed by atoms with van der Waals surface area (Å²) in [7, 11) is 0. The smallest absolute Gasteiger partial charge is 0.255 e. The molecule has 3 nitrogen and oxygen atoms in total. The van der Waals surface area contributed by atoms with Crippen molar-refractivity contribution < 1.29 is 9.90 Å². The number of hydrogen-bond acceptors (Lipinski definition) is 2. The van der Waals surface area contributed by atoms with Gasteiger partial charge in [-0.3, -0.25) is 4.79 Å². The molecule has 1 amide bonds. The highest BCUT2D eigenvalue weighted by atomic mass is 16.3. The van der Waals surface area contributed by atoms with Crippen molar-refractivity contribution in [3.05, 3.63) is 58.7 Å². The Morgan fingerprint density at radius 3 is 2.42 bits per heavy atom. The van der Waals surface area contributed by atoms with Gasteiger partial charge in [-0.2, -0.15) is 0 Å². The van der Waals surface area contributed by atoms with Crippen LogP contribution in [0.3, 0.4) is 0 Å². The lowest BCUT2D eigenvalue weighted by atomic mass is 10.1.